The topological polar surface area (TPSA) is 0 Å². The summed E-state index contributed by atoms with van der Waals surface area (Å²) in [7, 11) is -4.50. The summed E-state index contributed by atoms with van der Waals surface area (Å²) >= 11 is 0. The third-order valence-corrected chi connectivity index (χ3v) is 4.14. The Kier molecular flexibility index (Phi) is 3.18. The van der Waals surface area contributed by atoms with Crippen LogP contribution in [0.1, 0.15) is 12.5 Å². The van der Waals surface area contributed by atoms with Crippen LogP contribution in [-0.4, -0.2) is 8.74 Å². The third-order valence-electron chi connectivity index (χ3n) is 2.08. The minimum absolute atomic E-state index is 0.252. The summed E-state index contributed by atoms with van der Waals surface area (Å²) in [5.74, 6) is 0. The van der Waals surface area contributed by atoms with Gasteiger partial charge >= 0.3 is 14.9 Å². The van der Waals surface area contributed by atoms with Crippen LogP contribution in [0.5, 0.6) is 0 Å². The van der Waals surface area contributed by atoms with Crippen LogP contribution in [0.25, 0.3) is 0 Å². The quantitative estimate of drug-likeness (QED) is 0.422. The number of halogens is 5. The first kappa shape index (κ1) is 12.2. The zero-order chi connectivity index (χ0) is 11.7. The van der Waals surface area contributed by atoms with Crippen molar-refractivity contribution in [3.05, 3.63) is 29.8 Å². The van der Waals surface area contributed by atoms with Crippen molar-refractivity contribution in [3.63, 3.8) is 0 Å². The molecule has 0 aliphatic heterocycles. The maximum atomic E-state index is 13.2. The number of alkyl halides is 3. The highest BCUT2D eigenvalue weighted by Gasteiger charge is 2.36. The first-order valence-electron chi connectivity index (χ1n) is 4.33. The van der Waals surface area contributed by atoms with Crippen LogP contribution in [0.3, 0.4) is 0 Å². The van der Waals surface area contributed by atoms with E-state index in [-0.39, 0.29) is 11.2 Å². The van der Waals surface area contributed by atoms with E-state index in [9.17, 15) is 21.4 Å². The molecule has 0 aliphatic rings. The van der Waals surface area contributed by atoms with Gasteiger partial charge in [-0.2, -0.15) is 13.2 Å². The number of benzene rings is 1. The van der Waals surface area contributed by atoms with E-state index < -0.39 is 20.5 Å². The fourth-order valence-corrected chi connectivity index (χ4v) is 2.17. The van der Waals surface area contributed by atoms with Gasteiger partial charge in [0.15, 0.2) is 0 Å². The Labute approximate surface area is 85.1 Å². The Morgan fingerprint density at radius 1 is 1.07 bits per heavy atom. The normalized spacial score (nSPS) is 12.9. The maximum absolute atomic E-state index is 13.2. The van der Waals surface area contributed by atoms with Crippen LogP contribution in [0.15, 0.2) is 24.3 Å². The molecule has 0 fully saturated rings. The Morgan fingerprint density at radius 3 is 1.87 bits per heavy atom. The number of hydrogen-bond acceptors (Lipinski definition) is 0. The summed E-state index contributed by atoms with van der Waals surface area (Å²) in [6.07, 6.45) is -4.47. The van der Waals surface area contributed by atoms with Crippen LogP contribution in [-0.2, 0) is 6.18 Å². The molecule has 0 N–H and O–H groups in total. The molecule has 1 aromatic carbocycles. The standard InChI is InChI=1S/C9H9F5Si/c1-2-15(13,14)8-5-3-7(4-6-8)9(10,11)12/h3-6H,2H2,1H3. The number of hydrogen-bond donors (Lipinski definition) is 0. The molecule has 0 saturated heterocycles. The average Bonchev–Trinajstić information content (AvgIpc) is 2.17. The SMILES string of the molecule is CC[Si](F)(F)c1ccc(C(F)(F)F)cc1. The molecule has 0 nitrogen and oxygen atoms in total. The molecule has 84 valence electrons. The lowest BCUT2D eigenvalue weighted by Crippen LogP contribution is -2.38. The third kappa shape index (κ3) is 2.77. The molecule has 0 heterocycles. The van der Waals surface area contributed by atoms with E-state index in [2.05, 4.69) is 0 Å². The summed E-state index contributed by atoms with van der Waals surface area (Å²) in [4.78, 5) is 0. The van der Waals surface area contributed by atoms with Gasteiger partial charge in [0, 0.05) is 5.19 Å². The van der Waals surface area contributed by atoms with Gasteiger partial charge < -0.3 is 0 Å². The second-order valence-corrected chi connectivity index (χ2v) is 5.83. The largest absolute Gasteiger partial charge is 0.455 e. The van der Waals surface area contributed by atoms with E-state index >= 15 is 0 Å². The lowest BCUT2D eigenvalue weighted by molar-refractivity contribution is -0.137. The van der Waals surface area contributed by atoms with Gasteiger partial charge in [0.2, 0.25) is 0 Å². The molecule has 0 aromatic heterocycles. The van der Waals surface area contributed by atoms with E-state index in [1.54, 1.807) is 0 Å². The first-order valence-corrected chi connectivity index (χ1v) is 6.29. The monoisotopic (exact) mass is 240 g/mol. The zero-order valence-corrected chi connectivity index (χ0v) is 8.91. The summed E-state index contributed by atoms with van der Waals surface area (Å²) in [6.45, 7) is 1.34. The molecular formula is C9H9F5Si. The van der Waals surface area contributed by atoms with E-state index in [0.29, 0.717) is 12.1 Å². The number of rotatable bonds is 2. The minimum atomic E-state index is -4.50. The smallest absolute Gasteiger partial charge is 0.265 e. The predicted octanol–water partition coefficient (Wildman–Crippen LogP) is 3.31. The molecule has 0 saturated carbocycles. The lowest BCUT2D eigenvalue weighted by Gasteiger charge is -2.12. The van der Waals surface area contributed by atoms with Crippen molar-refractivity contribution in [1.82, 2.24) is 0 Å². The van der Waals surface area contributed by atoms with Gasteiger partial charge in [-0.1, -0.05) is 19.1 Å². The van der Waals surface area contributed by atoms with Crippen molar-refractivity contribution in [2.45, 2.75) is 19.1 Å². The van der Waals surface area contributed by atoms with Crippen LogP contribution >= 0.6 is 0 Å². The Bertz CT molecular complexity index is 327. The molecule has 6 heteroatoms. The van der Waals surface area contributed by atoms with Gasteiger partial charge in [0.25, 0.3) is 0 Å². The van der Waals surface area contributed by atoms with Crippen LogP contribution in [0.2, 0.25) is 6.04 Å². The predicted molar refractivity (Wildman–Crippen MR) is 49.5 cm³/mol. The lowest BCUT2D eigenvalue weighted by atomic mass is 10.2. The van der Waals surface area contributed by atoms with Crippen molar-refractivity contribution in [3.8, 4) is 0 Å². The molecule has 1 rings (SSSR count). The summed E-state index contributed by atoms with van der Waals surface area (Å²) in [5.41, 5.74) is -0.896. The van der Waals surface area contributed by atoms with Gasteiger partial charge in [-0.05, 0) is 18.2 Å². The van der Waals surface area contributed by atoms with Crippen LogP contribution in [0.4, 0.5) is 21.4 Å². The van der Waals surface area contributed by atoms with Gasteiger partial charge in [0.1, 0.15) is 0 Å². The molecular weight excluding hydrogens is 231 g/mol. The first-order chi connectivity index (χ1) is 6.77. The molecule has 0 atom stereocenters. The summed E-state index contributed by atoms with van der Waals surface area (Å²) in [6, 6.07) is 2.85. The molecule has 0 radical (unpaired) electrons. The van der Waals surface area contributed by atoms with Gasteiger partial charge in [0.05, 0.1) is 5.56 Å². The maximum Gasteiger partial charge on any atom is 0.455 e. The molecule has 0 aliphatic carbocycles. The molecule has 0 bridgehead atoms. The van der Waals surface area contributed by atoms with Crippen LogP contribution < -0.4 is 5.19 Å². The van der Waals surface area contributed by atoms with Gasteiger partial charge in [-0.15, -0.1) is 0 Å². The molecule has 0 spiro atoms. The fourth-order valence-electron chi connectivity index (χ4n) is 1.11. The molecule has 0 amide bonds. The van der Waals surface area contributed by atoms with Crippen molar-refractivity contribution >= 4 is 13.9 Å². The zero-order valence-electron chi connectivity index (χ0n) is 7.91. The van der Waals surface area contributed by atoms with E-state index in [1.807, 2.05) is 0 Å². The minimum Gasteiger partial charge on any atom is -0.265 e. The van der Waals surface area contributed by atoms with Crippen molar-refractivity contribution in [2.75, 3.05) is 0 Å². The van der Waals surface area contributed by atoms with Crippen LogP contribution in [0, 0.1) is 0 Å². The highest BCUT2D eigenvalue weighted by atomic mass is 28.4. The van der Waals surface area contributed by atoms with Gasteiger partial charge in [-0.25, -0.2) is 0 Å². The van der Waals surface area contributed by atoms with Gasteiger partial charge in [-0.3, -0.25) is 8.22 Å². The molecule has 15 heavy (non-hydrogen) atoms. The molecule has 0 unspecified atom stereocenters. The Morgan fingerprint density at radius 2 is 1.53 bits per heavy atom. The highest BCUT2D eigenvalue weighted by molar-refractivity contribution is 6.79. The fraction of sp³-hybridized carbons (Fsp3) is 0.333. The van der Waals surface area contributed by atoms with Crippen molar-refractivity contribution < 1.29 is 21.4 Å². The Hall–Kier alpha value is -0.913. The second-order valence-electron chi connectivity index (χ2n) is 3.13. The van der Waals surface area contributed by atoms with E-state index in [4.69, 9.17) is 0 Å². The highest BCUT2D eigenvalue weighted by Crippen LogP contribution is 2.28. The van der Waals surface area contributed by atoms with E-state index in [1.165, 1.54) is 6.92 Å². The second kappa shape index (κ2) is 3.92. The average molecular weight is 240 g/mol. The van der Waals surface area contributed by atoms with Crippen molar-refractivity contribution in [2.24, 2.45) is 0 Å². The molecule has 1 aromatic rings. The van der Waals surface area contributed by atoms with E-state index in [0.717, 1.165) is 12.1 Å². The van der Waals surface area contributed by atoms with Crippen molar-refractivity contribution in [1.29, 1.82) is 0 Å². The summed E-state index contributed by atoms with van der Waals surface area (Å²) < 4.78 is 62.7. The Balaban J connectivity index is 3.01. The summed E-state index contributed by atoms with van der Waals surface area (Å²) in [5, 5.41) is -0.252.